The smallest absolute Gasteiger partial charge is 0.308 e. The quantitative estimate of drug-likeness (QED) is 0.173. The number of para-hydroxylation sites is 2. The Morgan fingerprint density at radius 2 is 0.676 bits per heavy atom. The van der Waals surface area contributed by atoms with Gasteiger partial charge in [-0.05, 0) is 24.3 Å². The van der Waals surface area contributed by atoms with Gasteiger partial charge in [0.25, 0.3) is 0 Å². The standard InChI is InChI=1S/C28H22N4O2/c33-27(29-19-11-3-1-4-12-19)31-25-21-15-7-9-17-23(21)26(24-18-10-8-16-22(24)25)32-28(34)30-20-13-5-2-6-14-20/h1-18H,(H2,29,31,33)(H2,30,32,34). The van der Waals surface area contributed by atoms with Gasteiger partial charge >= 0.3 is 12.1 Å². The molecule has 5 rings (SSSR count). The van der Waals surface area contributed by atoms with Crippen LogP contribution in [-0.4, -0.2) is 12.1 Å². The first kappa shape index (κ1) is 21.0. The first-order valence-corrected chi connectivity index (χ1v) is 10.9. The van der Waals surface area contributed by atoms with Crippen molar-refractivity contribution in [2.75, 3.05) is 21.3 Å². The van der Waals surface area contributed by atoms with E-state index in [0.29, 0.717) is 22.7 Å². The van der Waals surface area contributed by atoms with E-state index < -0.39 is 0 Å². The average Bonchev–Trinajstić information content (AvgIpc) is 2.87. The van der Waals surface area contributed by atoms with Crippen molar-refractivity contribution in [1.29, 1.82) is 0 Å². The molecule has 0 aliphatic heterocycles. The molecule has 0 aliphatic rings. The third kappa shape index (κ3) is 4.38. The zero-order valence-corrected chi connectivity index (χ0v) is 18.2. The summed E-state index contributed by atoms with van der Waals surface area (Å²) < 4.78 is 0. The van der Waals surface area contributed by atoms with Crippen molar-refractivity contribution in [3.63, 3.8) is 0 Å². The number of benzene rings is 5. The number of fused-ring (bicyclic) bond motifs is 2. The third-order valence-corrected chi connectivity index (χ3v) is 5.47. The molecular weight excluding hydrogens is 424 g/mol. The lowest BCUT2D eigenvalue weighted by Gasteiger charge is -2.18. The molecule has 4 amide bonds. The summed E-state index contributed by atoms with van der Waals surface area (Å²) in [4.78, 5) is 25.7. The largest absolute Gasteiger partial charge is 0.323 e. The molecule has 4 N–H and O–H groups in total. The highest BCUT2D eigenvalue weighted by Crippen LogP contribution is 2.40. The lowest BCUT2D eigenvalue weighted by atomic mass is 9.98. The fraction of sp³-hybridized carbons (Fsp3) is 0. The van der Waals surface area contributed by atoms with Crippen molar-refractivity contribution in [1.82, 2.24) is 0 Å². The fourth-order valence-electron chi connectivity index (χ4n) is 3.99. The summed E-state index contributed by atoms with van der Waals surface area (Å²) in [6.45, 7) is 0. The van der Waals surface area contributed by atoms with Crippen molar-refractivity contribution in [2.24, 2.45) is 0 Å². The molecule has 0 radical (unpaired) electrons. The minimum atomic E-state index is -0.343. The molecule has 0 heterocycles. The van der Waals surface area contributed by atoms with Gasteiger partial charge in [-0.1, -0.05) is 84.9 Å². The highest BCUT2D eigenvalue weighted by Gasteiger charge is 2.17. The maximum atomic E-state index is 12.8. The van der Waals surface area contributed by atoms with Crippen LogP contribution in [0.3, 0.4) is 0 Å². The predicted molar refractivity (Wildman–Crippen MR) is 140 cm³/mol. The van der Waals surface area contributed by atoms with Gasteiger partial charge in [0, 0.05) is 32.9 Å². The molecule has 0 atom stereocenters. The normalized spacial score (nSPS) is 10.6. The SMILES string of the molecule is O=C(Nc1ccccc1)Nc1c2ccccc2c(NC(=O)Nc2ccccc2)c2ccccc12. The lowest BCUT2D eigenvalue weighted by molar-refractivity contribution is 0.261. The Bertz CT molecular complexity index is 1310. The van der Waals surface area contributed by atoms with Gasteiger partial charge in [-0.25, -0.2) is 9.59 Å². The number of hydrogen-bond donors (Lipinski definition) is 4. The summed E-state index contributed by atoms with van der Waals surface area (Å²) in [5, 5.41) is 15.0. The van der Waals surface area contributed by atoms with Crippen LogP contribution in [-0.2, 0) is 0 Å². The van der Waals surface area contributed by atoms with Crippen LogP contribution in [0.1, 0.15) is 0 Å². The number of urea groups is 2. The van der Waals surface area contributed by atoms with Crippen molar-refractivity contribution >= 4 is 56.4 Å². The first-order chi connectivity index (χ1) is 16.7. The molecule has 34 heavy (non-hydrogen) atoms. The van der Waals surface area contributed by atoms with Crippen LogP contribution in [0.2, 0.25) is 0 Å². The Morgan fingerprint density at radius 3 is 1.00 bits per heavy atom. The van der Waals surface area contributed by atoms with Gasteiger partial charge in [0.1, 0.15) is 0 Å². The van der Waals surface area contributed by atoms with E-state index >= 15 is 0 Å². The second-order valence-corrected chi connectivity index (χ2v) is 7.73. The number of carbonyl (C=O) groups excluding carboxylic acids is 2. The molecule has 0 saturated carbocycles. The number of hydrogen-bond acceptors (Lipinski definition) is 2. The predicted octanol–water partition coefficient (Wildman–Crippen LogP) is 7.28. The number of anilines is 4. The molecule has 0 aliphatic carbocycles. The summed E-state index contributed by atoms with van der Waals surface area (Å²) in [5.74, 6) is 0. The van der Waals surface area contributed by atoms with Gasteiger partial charge in [-0.15, -0.1) is 0 Å². The molecule has 6 nitrogen and oxygen atoms in total. The zero-order valence-electron chi connectivity index (χ0n) is 18.2. The van der Waals surface area contributed by atoms with E-state index in [4.69, 9.17) is 0 Å². The molecule has 0 spiro atoms. The Morgan fingerprint density at radius 1 is 0.382 bits per heavy atom. The maximum absolute atomic E-state index is 12.8. The van der Waals surface area contributed by atoms with Crippen molar-refractivity contribution in [3.8, 4) is 0 Å². The van der Waals surface area contributed by atoms with Gasteiger partial charge in [0.2, 0.25) is 0 Å². The van der Waals surface area contributed by atoms with Gasteiger partial charge < -0.3 is 21.3 Å². The van der Waals surface area contributed by atoms with Gasteiger partial charge in [0.05, 0.1) is 11.4 Å². The molecule has 0 fully saturated rings. The monoisotopic (exact) mass is 446 g/mol. The van der Waals surface area contributed by atoms with Crippen molar-refractivity contribution in [2.45, 2.75) is 0 Å². The Hall–Kier alpha value is -4.84. The van der Waals surface area contributed by atoms with Gasteiger partial charge in [-0.2, -0.15) is 0 Å². The van der Waals surface area contributed by atoms with E-state index in [2.05, 4.69) is 21.3 Å². The molecule has 166 valence electrons. The van der Waals surface area contributed by atoms with E-state index in [1.165, 1.54) is 0 Å². The van der Waals surface area contributed by atoms with Gasteiger partial charge in [0.15, 0.2) is 0 Å². The second kappa shape index (κ2) is 9.34. The minimum absolute atomic E-state index is 0.343. The van der Waals surface area contributed by atoms with Crippen LogP contribution < -0.4 is 21.3 Å². The van der Waals surface area contributed by atoms with Crippen LogP contribution in [0.25, 0.3) is 21.5 Å². The molecule has 0 unspecified atom stereocenters. The van der Waals surface area contributed by atoms with Crippen LogP contribution in [0, 0.1) is 0 Å². The van der Waals surface area contributed by atoms with E-state index in [9.17, 15) is 9.59 Å². The third-order valence-electron chi connectivity index (χ3n) is 5.47. The first-order valence-electron chi connectivity index (χ1n) is 10.9. The molecular formula is C28H22N4O2. The molecule has 0 saturated heterocycles. The summed E-state index contributed by atoms with van der Waals surface area (Å²) in [6, 6.07) is 33.2. The van der Waals surface area contributed by atoms with Gasteiger partial charge in [-0.3, -0.25) is 0 Å². The summed E-state index contributed by atoms with van der Waals surface area (Å²) >= 11 is 0. The number of carbonyl (C=O) groups is 2. The van der Waals surface area contributed by atoms with Crippen LogP contribution in [0.4, 0.5) is 32.3 Å². The summed E-state index contributed by atoms with van der Waals surface area (Å²) in [7, 11) is 0. The molecule has 0 aromatic heterocycles. The minimum Gasteiger partial charge on any atom is -0.308 e. The Kier molecular flexibility index (Phi) is 5.78. The van der Waals surface area contributed by atoms with Crippen LogP contribution in [0.5, 0.6) is 0 Å². The molecule has 5 aromatic carbocycles. The van der Waals surface area contributed by atoms with E-state index in [-0.39, 0.29) is 12.1 Å². The van der Waals surface area contributed by atoms with E-state index in [0.717, 1.165) is 21.5 Å². The Labute approximate surface area is 196 Å². The van der Waals surface area contributed by atoms with Crippen molar-refractivity contribution in [3.05, 3.63) is 109 Å². The van der Waals surface area contributed by atoms with E-state index in [1.807, 2.05) is 109 Å². The number of amides is 4. The number of nitrogens with one attached hydrogen (secondary N) is 4. The highest BCUT2D eigenvalue weighted by molar-refractivity contribution is 6.25. The fourth-order valence-corrected chi connectivity index (χ4v) is 3.99. The maximum Gasteiger partial charge on any atom is 0.323 e. The Balaban J connectivity index is 1.54. The van der Waals surface area contributed by atoms with Crippen LogP contribution in [0.15, 0.2) is 109 Å². The van der Waals surface area contributed by atoms with E-state index in [1.54, 1.807) is 0 Å². The molecule has 5 aromatic rings. The highest BCUT2D eigenvalue weighted by atomic mass is 16.2. The summed E-state index contributed by atoms with van der Waals surface area (Å²) in [5.41, 5.74) is 2.75. The molecule has 6 heteroatoms. The zero-order chi connectivity index (χ0) is 23.3. The summed E-state index contributed by atoms with van der Waals surface area (Å²) in [6.07, 6.45) is 0. The van der Waals surface area contributed by atoms with Crippen LogP contribution >= 0.6 is 0 Å². The topological polar surface area (TPSA) is 82.3 Å². The molecule has 0 bridgehead atoms. The second-order valence-electron chi connectivity index (χ2n) is 7.73. The lowest BCUT2D eigenvalue weighted by Crippen LogP contribution is -2.21. The average molecular weight is 447 g/mol. The van der Waals surface area contributed by atoms with Crippen molar-refractivity contribution < 1.29 is 9.59 Å². The number of rotatable bonds is 4.